The molecule has 2 heteroatoms. The topological polar surface area (TPSA) is 20.2 Å². The second-order valence-electron chi connectivity index (χ2n) is 2.42. The van der Waals surface area contributed by atoms with Gasteiger partial charge >= 0.3 is 0 Å². The highest BCUT2D eigenvalue weighted by atomic mass is 35.5. The van der Waals surface area contributed by atoms with E-state index >= 15 is 0 Å². The number of aliphatic hydroxyl groups is 1. The number of aliphatic hydroxyl groups excluding tert-OH is 1. The maximum absolute atomic E-state index is 9.14. The lowest BCUT2D eigenvalue weighted by molar-refractivity contribution is 0.221. The van der Waals surface area contributed by atoms with E-state index in [9.17, 15) is 0 Å². The minimum Gasteiger partial charge on any atom is -0.380 e. The molecule has 0 aliphatic rings. The molecule has 0 amide bonds. The number of hydrogen-bond acceptors (Lipinski definition) is 1. The number of alkyl halides is 1. The molecule has 0 fully saturated rings. The SMILES string of the molecule is CCCC(O)C#CCCCCl. The van der Waals surface area contributed by atoms with Crippen molar-refractivity contribution in [2.45, 2.75) is 38.7 Å². The van der Waals surface area contributed by atoms with Crippen molar-refractivity contribution < 1.29 is 5.11 Å². The van der Waals surface area contributed by atoms with Gasteiger partial charge in [-0.3, -0.25) is 0 Å². The fraction of sp³-hybridized carbons (Fsp3) is 0.778. The zero-order valence-corrected chi connectivity index (χ0v) is 7.69. The van der Waals surface area contributed by atoms with Gasteiger partial charge in [0.25, 0.3) is 0 Å². The van der Waals surface area contributed by atoms with Crippen LogP contribution in [0.3, 0.4) is 0 Å². The van der Waals surface area contributed by atoms with Crippen LogP contribution in [0.15, 0.2) is 0 Å². The molecule has 0 aromatic heterocycles. The Labute approximate surface area is 73.8 Å². The van der Waals surface area contributed by atoms with Crippen LogP contribution in [-0.2, 0) is 0 Å². The first-order valence-corrected chi connectivity index (χ1v) is 4.57. The van der Waals surface area contributed by atoms with Gasteiger partial charge in [0.05, 0.1) is 0 Å². The molecule has 0 saturated carbocycles. The molecule has 0 aliphatic carbocycles. The summed E-state index contributed by atoms with van der Waals surface area (Å²) >= 11 is 5.45. The van der Waals surface area contributed by atoms with Gasteiger partial charge in [0.2, 0.25) is 0 Å². The molecular formula is C9H15ClO. The van der Waals surface area contributed by atoms with E-state index in [1.807, 2.05) is 6.92 Å². The Hall–Kier alpha value is -0.190. The van der Waals surface area contributed by atoms with E-state index in [-0.39, 0.29) is 0 Å². The molecule has 1 N–H and O–H groups in total. The zero-order chi connectivity index (χ0) is 8.53. The lowest BCUT2D eigenvalue weighted by atomic mass is 10.2. The molecule has 0 heterocycles. The first-order chi connectivity index (χ1) is 5.31. The molecule has 0 radical (unpaired) electrons. The summed E-state index contributed by atoms with van der Waals surface area (Å²) in [4.78, 5) is 0. The van der Waals surface area contributed by atoms with E-state index in [1.54, 1.807) is 0 Å². The molecule has 64 valence electrons. The third-order valence-electron chi connectivity index (χ3n) is 1.27. The van der Waals surface area contributed by atoms with E-state index in [1.165, 1.54) is 0 Å². The van der Waals surface area contributed by atoms with E-state index in [0.717, 1.165) is 25.7 Å². The van der Waals surface area contributed by atoms with Crippen LogP contribution in [0.1, 0.15) is 32.6 Å². The third-order valence-corrected chi connectivity index (χ3v) is 1.53. The lowest BCUT2D eigenvalue weighted by Gasteiger charge is -1.97. The second-order valence-corrected chi connectivity index (χ2v) is 2.80. The van der Waals surface area contributed by atoms with Crippen LogP contribution in [0.5, 0.6) is 0 Å². The Morgan fingerprint density at radius 3 is 2.82 bits per heavy atom. The molecule has 0 saturated heterocycles. The molecule has 0 aliphatic heterocycles. The Balaban J connectivity index is 3.34. The summed E-state index contributed by atoms with van der Waals surface area (Å²) < 4.78 is 0. The van der Waals surface area contributed by atoms with E-state index < -0.39 is 6.10 Å². The summed E-state index contributed by atoms with van der Waals surface area (Å²) in [6.45, 7) is 2.03. The van der Waals surface area contributed by atoms with E-state index in [2.05, 4.69) is 11.8 Å². The summed E-state index contributed by atoms with van der Waals surface area (Å²) in [5.74, 6) is 6.30. The molecular weight excluding hydrogens is 160 g/mol. The summed E-state index contributed by atoms with van der Waals surface area (Å²) in [6.07, 6.45) is 3.02. The average molecular weight is 175 g/mol. The molecule has 0 spiro atoms. The lowest BCUT2D eigenvalue weighted by Crippen LogP contribution is -2.00. The van der Waals surface area contributed by atoms with Gasteiger partial charge in [-0.1, -0.05) is 19.3 Å². The highest BCUT2D eigenvalue weighted by molar-refractivity contribution is 6.17. The fourth-order valence-corrected chi connectivity index (χ4v) is 0.824. The highest BCUT2D eigenvalue weighted by Gasteiger charge is 1.93. The van der Waals surface area contributed by atoms with Crippen LogP contribution < -0.4 is 0 Å². The van der Waals surface area contributed by atoms with Crippen molar-refractivity contribution >= 4 is 11.6 Å². The Morgan fingerprint density at radius 2 is 2.27 bits per heavy atom. The van der Waals surface area contributed by atoms with Gasteiger partial charge in [0, 0.05) is 12.3 Å². The van der Waals surface area contributed by atoms with Crippen LogP contribution >= 0.6 is 11.6 Å². The molecule has 1 unspecified atom stereocenters. The Morgan fingerprint density at radius 1 is 1.55 bits per heavy atom. The smallest absolute Gasteiger partial charge is 0.114 e. The van der Waals surface area contributed by atoms with Crippen molar-refractivity contribution in [3.63, 3.8) is 0 Å². The highest BCUT2D eigenvalue weighted by Crippen LogP contribution is 1.94. The zero-order valence-electron chi connectivity index (χ0n) is 6.94. The first kappa shape index (κ1) is 10.8. The number of unbranched alkanes of at least 4 members (excludes halogenated alkanes) is 1. The molecule has 0 rings (SSSR count). The Bertz CT molecular complexity index is 134. The predicted octanol–water partition coefficient (Wildman–Crippen LogP) is 2.17. The summed E-state index contributed by atoms with van der Waals surface area (Å²) in [5, 5.41) is 9.14. The quantitative estimate of drug-likeness (QED) is 0.394. The van der Waals surface area contributed by atoms with Gasteiger partial charge in [-0.2, -0.15) is 0 Å². The van der Waals surface area contributed by atoms with Crippen LogP contribution in [0.4, 0.5) is 0 Å². The van der Waals surface area contributed by atoms with Gasteiger partial charge in [-0.15, -0.1) is 17.5 Å². The maximum atomic E-state index is 9.14. The largest absolute Gasteiger partial charge is 0.380 e. The molecule has 1 nitrogen and oxygen atoms in total. The predicted molar refractivity (Wildman–Crippen MR) is 48.6 cm³/mol. The average Bonchev–Trinajstić information content (AvgIpc) is 1.99. The van der Waals surface area contributed by atoms with Gasteiger partial charge in [0.1, 0.15) is 6.10 Å². The molecule has 11 heavy (non-hydrogen) atoms. The molecule has 1 atom stereocenters. The molecule has 0 bridgehead atoms. The monoisotopic (exact) mass is 174 g/mol. The van der Waals surface area contributed by atoms with E-state index in [4.69, 9.17) is 16.7 Å². The van der Waals surface area contributed by atoms with Gasteiger partial charge in [-0.05, 0) is 12.8 Å². The van der Waals surface area contributed by atoms with Crippen LogP contribution in [0.25, 0.3) is 0 Å². The minimum atomic E-state index is -0.435. The Kier molecular flexibility index (Phi) is 7.78. The van der Waals surface area contributed by atoms with Crippen molar-refractivity contribution in [2.75, 3.05) is 5.88 Å². The van der Waals surface area contributed by atoms with Crippen LogP contribution in [0.2, 0.25) is 0 Å². The standard InChI is InChI=1S/C9H15ClO/c1-2-6-9(11)7-4-3-5-8-10/h9,11H,2-3,5-6,8H2,1H3. The first-order valence-electron chi connectivity index (χ1n) is 4.03. The van der Waals surface area contributed by atoms with Gasteiger partial charge in [-0.25, -0.2) is 0 Å². The van der Waals surface area contributed by atoms with Gasteiger partial charge in [0.15, 0.2) is 0 Å². The van der Waals surface area contributed by atoms with Crippen LogP contribution in [0, 0.1) is 11.8 Å². The number of hydrogen-bond donors (Lipinski definition) is 1. The normalized spacial score (nSPS) is 11.9. The molecule has 0 aromatic carbocycles. The van der Waals surface area contributed by atoms with Gasteiger partial charge < -0.3 is 5.11 Å². The second kappa shape index (κ2) is 7.91. The van der Waals surface area contributed by atoms with Crippen molar-refractivity contribution in [1.29, 1.82) is 0 Å². The summed E-state index contributed by atoms with van der Waals surface area (Å²) in [6, 6.07) is 0. The summed E-state index contributed by atoms with van der Waals surface area (Å²) in [5.41, 5.74) is 0. The third kappa shape index (κ3) is 7.71. The molecule has 0 aromatic rings. The minimum absolute atomic E-state index is 0.435. The maximum Gasteiger partial charge on any atom is 0.114 e. The van der Waals surface area contributed by atoms with Crippen LogP contribution in [-0.4, -0.2) is 17.1 Å². The number of rotatable bonds is 4. The number of halogens is 1. The fourth-order valence-electron chi connectivity index (χ4n) is 0.691. The van der Waals surface area contributed by atoms with Crippen molar-refractivity contribution in [3.05, 3.63) is 0 Å². The van der Waals surface area contributed by atoms with Crippen molar-refractivity contribution in [3.8, 4) is 11.8 Å². The van der Waals surface area contributed by atoms with Crippen molar-refractivity contribution in [2.24, 2.45) is 0 Å². The summed E-state index contributed by atoms with van der Waals surface area (Å²) in [7, 11) is 0. The van der Waals surface area contributed by atoms with E-state index in [0.29, 0.717) is 5.88 Å². The van der Waals surface area contributed by atoms with Crippen molar-refractivity contribution in [1.82, 2.24) is 0 Å².